The highest BCUT2D eigenvalue weighted by Crippen LogP contribution is 2.33. The van der Waals surface area contributed by atoms with Crippen LogP contribution in [0.15, 0.2) is 18.2 Å². The molecule has 0 aromatic heterocycles. The topological polar surface area (TPSA) is 71.0 Å². The van der Waals surface area contributed by atoms with Crippen LogP contribution in [0.3, 0.4) is 0 Å². The fourth-order valence-electron chi connectivity index (χ4n) is 3.98. The van der Waals surface area contributed by atoms with E-state index in [9.17, 15) is 9.90 Å². The molecular formula is C26H44N2O4. The lowest BCUT2D eigenvalue weighted by Crippen LogP contribution is -2.47. The quantitative estimate of drug-likeness (QED) is 0.408. The van der Waals surface area contributed by atoms with Crippen molar-refractivity contribution in [3.63, 3.8) is 0 Å². The van der Waals surface area contributed by atoms with Crippen molar-refractivity contribution in [2.24, 2.45) is 11.8 Å². The molecule has 6 nitrogen and oxygen atoms in total. The molecule has 0 radical (unpaired) electrons. The van der Waals surface area contributed by atoms with Crippen LogP contribution in [-0.4, -0.2) is 55.3 Å². The molecule has 0 saturated heterocycles. The normalized spacial score (nSPS) is 16.1. The first-order valence-corrected chi connectivity index (χ1v) is 12.4. The molecule has 1 aromatic rings. The van der Waals surface area contributed by atoms with Crippen LogP contribution in [0, 0.1) is 11.8 Å². The Morgan fingerprint density at radius 3 is 2.44 bits per heavy atom. The lowest BCUT2D eigenvalue weighted by Gasteiger charge is -2.31. The predicted octanol–water partition coefficient (Wildman–Crippen LogP) is 4.56. The van der Waals surface area contributed by atoms with Crippen LogP contribution < -0.4 is 14.8 Å². The summed E-state index contributed by atoms with van der Waals surface area (Å²) in [7, 11) is 2.05. The minimum atomic E-state index is -0.827. The van der Waals surface area contributed by atoms with Gasteiger partial charge in [-0.3, -0.25) is 4.79 Å². The van der Waals surface area contributed by atoms with Gasteiger partial charge in [-0.1, -0.05) is 59.4 Å². The number of benzene rings is 1. The fraction of sp³-hybridized carbons (Fsp3) is 0.731. The third kappa shape index (κ3) is 8.62. The van der Waals surface area contributed by atoms with Gasteiger partial charge >= 0.3 is 0 Å². The number of amides is 1. The Labute approximate surface area is 194 Å². The monoisotopic (exact) mass is 448 g/mol. The van der Waals surface area contributed by atoms with E-state index in [-0.39, 0.29) is 5.91 Å². The molecule has 2 N–H and O–H groups in total. The Morgan fingerprint density at radius 1 is 1.06 bits per heavy atom. The lowest BCUT2D eigenvalue weighted by molar-refractivity contribution is -0.123. The standard InChI is InChI=1S/C26H44N2O4/c1-6-7-8-9-10-11-25(29)27-22(18-28(5)17-20(4)19(2)3)26(30)21-12-13-23-24(16-21)32-15-14-31-23/h12-13,16,19-20,22,26,30H,6-11,14-15,17-18H2,1-5H3,(H,27,29)/t20?,22-,26?/m1/s1. The van der Waals surface area contributed by atoms with Crippen LogP contribution in [-0.2, 0) is 4.79 Å². The third-order valence-electron chi connectivity index (χ3n) is 6.39. The van der Waals surface area contributed by atoms with Crippen LogP contribution in [0.1, 0.15) is 77.9 Å². The molecule has 0 spiro atoms. The summed E-state index contributed by atoms with van der Waals surface area (Å²) < 4.78 is 11.3. The number of ether oxygens (including phenoxy) is 2. The molecule has 0 aliphatic carbocycles. The summed E-state index contributed by atoms with van der Waals surface area (Å²) in [6.45, 7) is 11.4. The smallest absolute Gasteiger partial charge is 0.220 e. The van der Waals surface area contributed by atoms with E-state index in [4.69, 9.17) is 9.47 Å². The highest BCUT2D eigenvalue weighted by atomic mass is 16.6. The maximum atomic E-state index is 12.7. The minimum absolute atomic E-state index is 0.00778. The summed E-state index contributed by atoms with van der Waals surface area (Å²) in [5.41, 5.74) is 0.729. The van der Waals surface area contributed by atoms with E-state index in [1.165, 1.54) is 19.3 Å². The summed E-state index contributed by atoms with van der Waals surface area (Å²) in [4.78, 5) is 14.9. The first kappa shape index (κ1) is 26.5. The zero-order valence-corrected chi connectivity index (χ0v) is 20.7. The van der Waals surface area contributed by atoms with Gasteiger partial charge in [0.1, 0.15) is 19.3 Å². The predicted molar refractivity (Wildman–Crippen MR) is 129 cm³/mol. The van der Waals surface area contributed by atoms with E-state index in [1.54, 1.807) is 0 Å². The molecule has 1 heterocycles. The van der Waals surface area contributed by atoms with E-state index >= 15 is 0 Å². The van der Waals surface area contributed by atoms with Crippen molar-refractivity contribution in [3.05, 3.63) is 23.8 Å². The summed E-state index contributed by atoms with van der Waals surface area (Å²) in [5, 5.41) is 14.3. The number of likely N-dealkylation sites (N-methyl/N-ethyl adjacent to an activating group) is 1. The first-order chi connectivity index (χ1) is 15.3. The van der Waals surface area contributed by atoms with Crippen LogP contribution in [0.25, 0.3) is 0 Å². The molecule has 2 rings (SSSR count). The van der Waals surface area contributed by atoms with Gasteiger partial charge in [0.2, 0.25) is 5.91 Å². The van der Waals surface area contributed by atoms with E-state index < -0.39 is 12.1 Å². The van der Waals surface area contributed by atoms with E-state index in [1.807, 2.05) is 18.2 Å². The zero-order valence-electron chi connectivity index (χ0n) is 20.7. The Kier molecular flexibility index (Phi) is 11.3. The number of hydrogen-bond donors (Lipinski definition) is 2. The van der Waals surface area contributed by atoms with Crippen molar-refractivity contribution < 1.29 is 19.4 Å². The van der Waals surface area contributed by atoms with Crippen LogP contribution in [0.5, 0.6) is 11.5 Å². The van der Waals surface area contributed by atoms with Gasteiger partial charge in [-0.05, 0) is 43.0 Å². The molecule has 1 aliphatic heterocycles. The summed E-state index contributed by atoms with van der Waals surface area (Å²) >= 11 is 0. The number of unbranched alkanes of at least 4 members (excludes halogenated alkanes) is 4. The Balaban J connectivity index is 2.05. The molecule has 32 heavy (non-hydrogen) atoms. The molecule has 1 aliphatic rings. The van der Waals surface area contributed by atoms with Crippen molar-refractivity contribution in [1.29, 1.82) is 0 Å². The molecule has 182 valence electrons. The molecule has 0 fully saturated rings. The maximum Gasteiger partial charge on any atom is 0.220 e. The molecule has 3 atom stereocenters. The zero-order chi connectivity index (χ0) is 23.5. The lowest BCUT2D eigenvalue weighted by atomic mass is 9.96. The number of carbonyl (C=O) groups excluding carboxylic acids is 1. The average molecular weight is 449 g/mol. The van der Waals surface area contributed by atoms with Crippen LogP contribution in [0.4, 0.5) is 0 Å². The summed E-state index contributed by atoms with van der Waals surface area (Å²) in [6.07, 6.45) is 5.21. The second-order valence-corrected chi connectivity index (χ2v) is 9.63. The van der Waals surface area contributed by atoms with Crippen molar-refractivity contribution in [2.75, 3.05) is 33.4 Å². The van der Waals surface area contributed by atoms with Crippen LogP contribution >= 0.6 is 0 Å². The largest absolute Gasteiger partial charge is 0.486 e. The minimum Gasteiger partial charge on any atom is -0.486 e. The van der Waals surface area contributed by atoms with Gasteiger partial charge < -0.3 is 24.8 Å². The maximum absolute atomic E-state index is 12.7. The van der Waals surface area contributed by atoms with E-state index in [2.05, 4.69) is 45.0 Å². The second-order valence-electron chi connectivity index (χ2n) is 9.63. The number of aliphatic hydroxyl groups excluding tert-OH is 1. The first-order valence-electron chi connectivity index (χ1n) is 12.4. The fourth-order valence-corrected chi connectivity index (χ4v) is 3.98. The van der Waals surface area contributed by atoms with Gasteiger partial charge in [-0.25, -0.2) is 0 Å². The van der Waals surface area contributed by atoms with Crippen molar-refractivity contribution >= 4 is 5.91 Å². The van der Waals surface area contributed by atoms with Gasteiger partial charge in [0, 0.05) is 19.5 Å². The van der Waals surface area contributed by atoms with Crippen molar-refractivity contribution in [2.45, 2.75) is 78.4 Å². The number of nitrogens with zero attached hydrogens (tertiary/aromatic N) is 1. The Bertz CT molecular complexity index is 694. The Morgan fingerprint density at radius 2 is 1.75 bits per heavy atom. The SMILES string of the molecule is CCCCCCCC(=O)N[C@H](CN(C)CC(C)C(C)C)C(O)c1ccc2c(c1)OCCO2. The summed E-state index contributed by atoms with van der Waals surface area (Å²) in [5.74, 6) is 2.46. The highest BCUT2D eigenvalue weighted by molar-refractivity contribution is 5.76. The molecule has 1 aromatic carbocycles. The van der Waals surface area contributed by atoms with Gasteiger partial charge in [-0.2, -0.15) is 0 Å². The molecule has 6 heteroatoms. The van der Waals surface area contributed by atoms with Crippen molar-refractivity contribution in [1.82, 2.24) is 10.2 Å². The van der Waals surface area contributed by atoms with E-state index in [0.717, 1.165) is 24.9 Å². The number of carbonyl (C=O) groups is 1. The number of rotatable bonds is 14. The second kappa shape index (κ2) is 13.7. The molecular weight excluding hydrogens is 404 g/mol. The number of nitrogens with one attached hydrogen (secondary N) is 1. The van der Waals surface area contributed by atoms with Crippen molar-refractivity contribution in [3.8, 4) is 11.5 Å². The molecule has 0 bridgehead atoms. The molecule has 0 saturated carbocycles. The number of hydrogen-bond acceptors (Lipinski definition) is 5. The average Bonchev–Trinajstić information content (AvgIpc) is 2.77. The number of fused-ring (bicyclic) bond motifs is 1. The van der Waals surface area contributed by atoms with Gasteiger partial charge in [0.15, 0.2) is 11.5 Å². The van der Waals surface area contributed by atoms with Crippen LogP contribution in [0.2, 0.25) is 0 Å². The van der Waals surface area contributed by atoms with Gasteiger partial charge in [-0.15, -0.1) is 0 Å². The van der Waals surface area contributed by atoms with Gasteiger partial charge in [0.25, 0.3) is 0 Å². The molecule has 2 unspecified atom stereocenters. The number of aliphatic hydroxyl groups is 1. The Hall–Kier alpha value is -1.79. The highest BCUT2D eigenvalue weighted by Gasteiger charge is 2.26. The molecule has 1 amide bonds. The summed E-state index contributed by atoms with van der Waals surface area (Å²) in [6, 6.07) is 5.13. The van der Waals surface area contributed by atoms with E-state index in [0.29, 0.717) is 49.5 Å². The van der Waals surface area contributed by atoms with Gasteiger partial charge in [0.05, 0.1) is 6.04 Å². The third-order valence-corrected chi connectivity index (χ3v) is 6.39.